The van der Waals surface area contributed by atoms with Crippen LogP contribution in [0.4, 0.5) is 5.69 Å². The van der Waals surface area contributed by atoms with Crippen molar-refractivity contribution in [2.45, 2.75) is 31.6 Å². The minimum atomic E-state index is -3.55. The lowest BCUT2D eigenvalue weighted by molar-refractivity contribution is 0.102. The number of ether oxygens (including phenoxy) is 1. The maximum absolute atomic E-state index is 12.5. The molecule has 0 bridgehead atoms. The molecule has 1 N–H and O–H groups in total. The Kier molecular flexibility index (Phi) is 6.98. The van der Waals surface area contributed by atoms with Crippen molar-refractivity contribution in [3.8, 4) is 5.75 Å². The second-order valence-electron chi connectivity index (χ2n) is 6.36. The summed E-state index contributed by atoms with van der Waals surface area (Å²) in [6.07, 6.45) is 1.72. The number of carbonyl (C=O) groups is 1. The second kappa shape index (κ2) is 9.01. The summed E-state index contributed by atoms with van der Waals surface area (Å²) in [7, 11) is -0.445. The predicted octanol–water partition coefficient (Wildman–Crippen LogP) is 3.68. The Morgan fingerprint density at radius 3 is 2.41 bits per heavy atom. The fourth-order valence-corrected chi connectivity index (χ4v) is 3.78. The lowest BCUT2D eigenvalue weighted by atomic mass is 10.1. The number of nitrogens with one attached hydrogen (secondary N) is 1. The topological polar surface area (TPSA) is 75.7 Å². The summed E-state index contributed by atoms with van der Waals surface area (Å²) < 4.78 is 31.7. The van der Waals surface area contributed by atoms with Crippen molar-refractivity contribution in [2.24, 2.45) is 0 Å². The molecule has 1 amide bonds. The van der Waals surface area contributed by atoms with Crippen molar-refractivity contribution in [2.75, 3.05) is 26.0 Å². The van der Waals surface area contributed by atoms with Crippen molar-refractivity contribution in [3.05, 3.63) is 53.6 Å². The molecular weight excluding hydrogens is 364 g/mol. The minimum absolute atomic E-state index is 0.172. The van der Waals surface area contributed by atoms with Crippen LogP contribution in [0.2, 0.25) is 0 Å². The molecule has 0 saturated heterocycles. The molecule has 0 aromatic heterocycles. The SMILES string of the molecule is CCCCN(C)S(=O)(=O)c1ccc(C(=O)Nc2cc(C)ccc2OC)cc1. The van der Waals surface area contributed by atoms with Gasteiger partial charge >= 0.3 is 0 Å². The third-order valence-electron chi connectivity index (χ3n) is 4.25. The van der Waals surface area contributed by atoms with Crippen molar-refractivity contribution < 1.29 is 17.9 Å². The first-order valence-corrected chi connectivity index (χ1v) is 10.3. The molecular formula is C20H26N2O4S. The summed E-state index contributed by atoms with van der Waals surface area (Å²) in [5.41, 5.74) is 1.93. The molecule has 0 spiro atoms. The van der Waals surface area contributed by atoms with Gasteiger partial charge in [0, 0.05) is 19.2 Å². The number of carbonyl (C=O) groups excluding carboxylic acids is 1. The fraction of sp³-hybridized carbons (Fsp3) is 0.350. The zero-order valence-electron chi connectivity index (χ0n) is 16.2. The summed E-state index contributed by atoms with van der Waals surface area (Å²) in [6.45, 7) is 4.40. The van der Waals surface area contributed by atoms with Crippen LogP contribution < -0.4 is 10.1 Å². The normalized spacial score (nSPS) is 11.4. The van der Waals surface area contributed by atoms with E-state index in [0.29, 0.717) is 23.5 Å². The molecule has 6 nitrogen and oxygen atoms in total. The Balaban J connectivity index is 2.17. The lowest BCUT2D eigenvalue weighted by Crippen LogP contribution is -2.28. The van der Waals surface area contributed by atoms with E-state index in [2.05, 4.69) is 5.32 Å². The van der Waals surface area contributed by atoms with Crippen molar-refractivity contribution in [1.82, 2.24) is 4.31 Å². The zero-order chi connectivity index (χ0) is 20.0. The van der Waals surface area contributed by atoms with Crippen LogP contribution in [-0.4, -0.2) is 39.3 Å². The van der Waals surface area contributed by atoms with Crippen molar-refractivity contribution >= 4 is 21.6 Å². The number of benzene rings is 2. The lowest BCUT2D eigenvalue weighted by Gasteiger charge is -2.17. The molecule has 0 aliphatic heterocycles. The average Bonchev–Trinajstić information content (AvgIpc) is 2.66. The van der Waals surface area contributed by atoms with Gasteiger partial charge in [0.05, 0.1) is 17.7 Å². The van der Waals surface area contributed by atoms with Gasteiger partial charge in [0.25, 0.3) is 5.91 Å². The number of unbranched alkanes of at least 4 members (excludes halogenated alkanes) is 1. The molecule has 146 valence electrons. The van der Waals surface area contributed by atoms with Gasteiger partial charge in [-0.3, -0.25) is 4.79 Å². The molecule has 27 heavy (non-hydrogen) atoms. The quantitative estimate of drug-likeness (QED) is 0.746. The highest BCUT2D eigenvalue weighted by molar-refractivity contribution is 7.89. The largest absolute Gasteiger partial charge is 0.495 e. The van der Waals surface area contributed by atoms with Crippen molar-refractivity contribution in [1.29, 1.82) is 0 Å². The molecule has 0 radical (unpaired) electrons. The van der Waals surface area contributed by atoms with Crippen LogP contribution >= 0.6 is 0 Å². The Labute approximate surface area is 161 Å². The molecule has 0 saturated carbocycles. The van der Waals surface area contributed by atoms with E-state index in [0.717, 1.165) is 18.4 Å². The highest BCUT2D eigenvalue weighted by atomic mass is 32.2. The number of hydrogen-bond acceptors (Lipinski definition) is 4. The zero-order valence-corrected chi connectivity index (χ0v) is 17.0. The Morgan fingerprint density at radius 2 is 1.81 bits per heavy atom. The number of rotatable bonds is 8. The van der Waals surface area contributed by atoms with Gasteiger partial charge in [-0.2, -0.15) is 0 Å². The predicted molar refractivity (Wildman–Crippen MR) is 107 cm³/mol. The van der Waals surface area contributed by atoms with Gasteiger partial charge in [-0.15, -0.1) is 0 Å². The number of amides is 1. The summed E-state index contributed by atoms with van der Waals surface area (Å²) in [5, 5.41) is 2.80. The van der Waals surface area contributed by atoms with E-state index in [9.17, 15) is 13.2 Å². The van der Waals surface area contributed by atoms with Crippen LogP contribution in [0.15, 0.2) is 47.4 Å². The van der Waals surface area contributed by atoms with Crippen LogP contribution in [0, 0.1) is 6.92 Å². The second-order valence-corrected chi connectivity index (χ2v) is 8.41. The molecule has 0 unspecified atom stereocenters. The highest BCUT2D eigenvalue weighted by Gasteiger charge is 2.20. The number of methoxy groups -OCH3 is 1. The van der Waals surface area contributed by atoms with E-state index in [1.807, 2.05) is 26.0 Å². The van der Waals surface area contributed by atoms with Gasteiger partial charge in [0.15, 0.2) is 0 Å². The molecule has 2 aromatic carbocycles. The van der Waals surface area contributed by atoms with Crippen LogP contribution in [-0.2, 0) is 10.0 Å². The van der Waals surface area contributed by atoms with E-state index in [-0.39, 0.29) is 10.8 Å². The maximum atomic E-state index is 12.5. The molecule has 0 heterocycles. The molecule has 7 heteroatoms. The van der Waals surface area contributed by atoms with Crippen LogP contribution in [0.25, 0.3) is 0 Å². The molecule has 2 rings (SSSR count). The van der Waals surface area contributed by atoms with Gasteiger partial charge in [0.1, 0.15) is 5.75 Å². The number of anilines is 1. The maximum Gasteiger partial charge on any atom is 0.255 e. The van der Waals surface area contributed by atoms with Gasteiger partial charge in [-0.25, -0.2) is 12.7 Å². The third-order valence-corrected chi connectivity index (χ3v) is 6.13. The summed E-state index contributed by atoms with van der Waals surface area (Å²) >= 11 is 0. The average molecular weight is 391 g/mol. The van der Waals surface area contributed by atoms with Crippen LogP contribution in [0.5, 0.6) is 5.75 Å². The number of nitrogens with zero attached hydrogens (tertiary/aromatic N) is 1. The summed E-state index contributed by atoms with van der Waals surface area (Å²) in [6, 6.07) is 11.4. The first-order valence-electron chi connectivity index (χ1n) is 8.82. The first-order chi connectivity index (χ1) is 12.8. The summed E-state index contributed by atoms with van der Waals surface area (Å²) in [5.74, 6) is 0.230. The van der Waals surface area contributed by atoms with Crippen LogP contribution in [0.3, 0.4) is 0 Å². The number of sulfonamides is 1. The molecule has 0 atom stereocenters. The Bertz CT molecular complexity index is 893. The van der Waals surface area contributed by atoms with E-state index in [1.54, 1.807) is 13.1 Å². The summed E-state index contributed by atoms with van der Waals surface area (Å²) in [4.78, 5) is 12.7. The smallest absolute Gasteiger partial charge is 0.255 e. The van der Waals surface area contributed by atoms with E-state index < -0.39 is 10.0 Å². The van der Waals surface area contributed by atoms with E-state index in [1.165, 1.54) is 35.7 Å². The Hall–Kier alpha value is -2.38. The first kappa shape index (κ1) is 20.9. The standard InChI is InChI=1S/C20H26N2O4S/c1-5-6-13-22(3)27(24,25)17-10-8-16(9-11-17)20(23)21-18-14-15(2)7-12-19(18)26-4/h7-12,14H,5-6,13H2,1-4H3,(H,21,23). The Morgan fingerprint density at radius 1 is 1.15 bits per heavy atom. The number of aryl methyl sites for hydroxylation is 1. The van der Waals surface area contributed by atoms with Crippen molar-refractivity contribution in [3.63, 3.8) is 0 Å². The minimum Gasteiger partial charge on any atom is -0.495 e. The monoisotopic (exact) mass is 390 g/mol. The number of hydrogen-bond donors (Lipinski definition) is 1. The van der Waals surface area contributed by atoms with Crippen LogP contribution in [0.1, 0.15) is 35.7 Å². The highest BCUT2D eigenvalue weighted by Crippen LogP contribution is 2.26. The molecule has 2 aromatic rings. The van der Waals surface area contributed by atoms with Gasteiger partial charge in [0.2, 0.25) is 10.0 Å². The molecule has 0 fully saturated rings. The van der Waals surface area contributed by atoms with E-state index in [4.69, 9.17) is 4.74 Å². The van der Waals surface area contributed by atoms with Gasteiger partial charge in [-0.1, -0.05) is 19.4 Å². The van der Waals surface area contributed by atoms with Gasteiger partial charge in [-0.05, 0) is 55.3 Å². The van der Waals surface area contributed by atoms with Gasteiger partial charge < -0.3 is 10.1 Å². The van der Waals surface area contributed by atoms with E-state index >= 15 is 0 Å². The fourth-order valence-electron chi connectivity index (χ4n) is 2.57. The third kappa shape index (κ3) is 5.08. The molecule has 0 aliphatic carbocycles. The molecule has 0 aliphatic rings.